The minimum Gasteiger partial charge on any atom is -0.493 e. The zero-order valence-electron chi connectivity index (χ0n) is 16.0. The lowest BCUT2D eigenvalue weighted by molar-refractivity contribution is -0.117. The highest BCUT2D eigenvalue weighted by Gasteiger charge is 2.22. The average Bonchev–Trinajstić information content (AvgIpc) is 2.71. The van der Waals surface area contributed by atoms with Gasteiger partial charge in [-0.05, 0) is 42.0 Å². The maximum absolute atomic E-state index is 12.5. The molecule has 0 aromatic heterocycles. The molecule has 0 bridgehead atoms. The Bertz CT molecular complexity index is 871. The molecule has 0 spiro atoms. The lowest BCUT2D eigenvalue weighted by Gasteiger charge is -2.26. The smallest absolute Gasteiger partial charge is 0.244 e. The van der Waals surface area contributed by atoms with E-state index in [9.17, 15) is 4.79 Å². The summed E-state index contributed by atoms with van der Waals surface area (Å²) in [5.41, 5.74) is 1.73. The van der Waals surface area contributed by atoms with Gasteiger partial charge in [-0.2, -0.15) is 0 Å². The molecule has 1 unspecified atom stereocenters. The topological polar surface area (TPSA) is 66.0 Å². The number of rotatable bonds is 6. The van der Waals surface area contributed by atoms with Gasteiger partial charge in [-0.25, -0.2) is 0 Å². The minimum absolute atomic E-state index is 0.0988. The molecule has 1 N–H and O–H groups in total. The second-order valence-electron chi connectivity index (χ2n) is 6.17. The first-order valence-corrected chi connectivity index (χ1v) is 9.56. The van der Waals surface area contributed by atoms with Crippen LogP contribution in [-0.2, 0) is 4.79 Å². The largest absolute Gasteiger partial charge is 0.493 e. The van der Waals surface area contributed by atoms with Crippen molar-refractivity contribution in [2.24, 2.45) is 0 Å². The van der Waals surface area contributed by atoms with E-state index < -0.39 is 0 Å². The Balaban J connectivity index is 1.76. The summed E-state index contributed by atoms with van der Waals surface area (Å²) in [6, 6.07) is 9.27. The third-order valence-electron chi connectivity index (χ3n) is 4.44. The second-order valence-corrected chi connectivity index (χ2v) is 7.09. The van der Waals surface area contributed by atoms with Crippen LogP contribution in [0.3, 0.4) is 0 Å². The zero-order chi connectivity index (χ0) is 20.1. The maximum Gasteiger partial charge on any atom is 0.244 e. The Morgan fingerprint density at radius 1 is 1.14 bits per heavy atom. The minimum atomic E-state index is -0.188. The van der Waals surface area contributed by atoms with Crippen LogP contribution >= 0.6 is 15.9 Å². The van der Waals surface area contributed by atoms with Gasteiger partial charge >= 0.3 is 0 Å². The first kappa shape index (κ1) is 20.1. The second kappa shape index (κ2) is 9.01. The third-order valence-corrected chi connectivity index (χ3v) is 4.94. The molecule has 28 heavy (non-hydrogen) atoms. The Morgan fingerprint density at radius 2 is 1.86 bits per heavy atom. The van der Waals surface area contributed by atoms with Gasteiger partial charge in [0.05, 0.1) is 34.0 Å². The van der Waals surface area contributed by atoms with E-state index in [-0.39, 0.29) is 11.9 Å². The van der Waals surface area contributed by atoms with Crippen molar-refractivity contribution in [3.63, 3.8) is 0 Å². The lowest BCUT2D eigenvalue weighted by Crippen LogP contribution is -2.31. The Labute approximate surface area is 172 Å². The van der Waals surface area contributed by atoms with E-state index in [0.29, 0.717) is 30.3 Å². The van der Waals surface area contributed by atoms with Crippen LogP contribution in [0.25, 0.3) is 6.08 Å². The molecule has 148 valence electrons. The molecular weight excluding hydrogens is 426 g/mol. The molecule has 2 aromatic carbocycles. The van der Waals surface area contributed by atoms with Gasteiger partial charge in [0.15, 0.2) is 11.5 Å². The van der Waals surface area contributed by atoms with Crippen LogP contribution in [0.1, 0.15) is 23.6 Å². The molecule has 1 atom stereocenters. The normalized spacial score (nSPS) is 15.5. The van der Waals surface area contributed by atoms with Gasteiger partial charge in [0, 0.05) is 22.5 Å². The molecule has 0 radical (unpaired) electrons. The van der Waals surface area contributed by atoms with Crippen molar-refractivity contribution < 1.29 is 23.7 Å². The van der Waals surface area contributed by atoms with Crippen molar-refractivity contribution in [2.45, 2.75) is 12.5 Å². The predicted molar refractivity (Wildman–Crippen MR) is 110 cm³/mol. The Kier molecular flexibility index (Phi) is 6.46. The van der Waals surface area contributed by atoms with Crippen LogP contribution in [0.5, 0.6) is 23.0 Å². The first-order chi connectivity index (χ1) is 13.5. The summed E-state index contributed by atoms with van der Waals surface area (Å²) < 4.78 is 22.6. The van der Waals surface area contributed by atoms with Crippen molar-refractivity contribution in [1.82, 2.24) is 5.32 Å². The monoisotopic (exact) mass is 447 g/mol. The van der Waals surface area contributed by atoms with E-state index in [4.69, 9.17) is 18.9 Å². The van der Waals surface area contributed by atoms with Gasteiger partial charge < -0.3 is 24.3 Å². The number of methoxy groups -OCH3 is 3. The fraction of sp³-hybridized carbons (Fsp3) is 0.286. The van der Waals surface area contributed by atoms with Gasteiger partial charge in [0.2, 0.25) is 11.7 Å². The van der Waals surface area contributed by atoms with Crippen molar-refractivity contribution in [3.8, 4) is 23.0 Å². The summed E-state index contributed by atoms with van der Waals surface area (Å²) in [7, 11) is 4.66. The molecule has 2 aromatic rings. The van der Waals surface area contributed by atoms with Crippen LogP contribution in [0, 0.1) is 0 Å². The standard InChI is InChI=1S/C21H22BrNO5/c1-25-18-10-13(11-19(26-2)21(18)27-3)4-7-20(24)23-16-8-9-28-17-6-5-14(22)12-15(16)17/h4-7,10-12,16H,8-9H2,1-3H3,(H,23,24)/b7-4+. The highest BCUT2D eigenvalue weighted by atomic mass is 79.9. The fourth-order valence-corrected chi connectivity index (χ4v) is 3.48. The summed E-state index contributed by atoms with van der Waals surface area (Å²) in [5, 5.41) is 3.04. The highest BCUT2D eigenvalue weighted by Crippen LogP contribution is 2.38. The molecule has 0 fully saturated rings. The quantitative estimate of drug-likeness (QED) is 0.674. The average molecular weight is 448 g/mol. The van der Waals surface area contributed by atoms with Crippen LogP contribution in [0.4, 0.5) is 0 Å². The molecular formula is C21H22BrNO5. The van der Waals surface area contributed by atoms with Gasteiger partial charge in [0.25, 0.3) is 0 Å². The summed E-state index contributed by atoms with van der Waals surface area (Å²) in [6.45, 7) is 0.566. The van der Waals surface area contributed by atoms with Crippen molar-refractivity contribution in [1.29, 1.82) is 0 Å². The summed E-state index contributed by atoms with van der Waals surface area (Å²) in [6.07, 6.45) is 3.92. The van der Waals surface area contributed by atoms with E-state index in [1.165, 1.54) is 6.08 Å². The molecule has 0 saturated heterocycles. The molecule has 6 nitrogen and oxygen atoms in total. The molecule has 1 aliphatic rings. The third kappa shape index (κ3) is 4.42. The van der Waals surface area contributed by atoms with E-state index in [1.807, 2.05) is 18.2 Å². The molecule has 0 saturated carbocycles. The van der Waals surface area contributed by atoms with Gasteiger partial charge in [-0.3, -0.25) is 4.79 Å². The highest BCUT2D eigenvalue weighted by molar-refractivity contribution is 9.10. The number of carbonyl (C=O) groups excluding carboxylic acids is 1. The number of hydrogen-bond acceptors (Lipinski definition) is 5. The van der Waals surface area contributed by atoms with Gasteiger partial charge in [-0.1, -0.05) is 15.9 Å². The van der Waals surface area contributed by atoms with Crippen LogP contribution in [-0.4, -0.2) is 33.8 Å². The fourth-order valence-electron chi connectivity index (χ4n) is 3.10. The van der Waals surface area contributed by atoms with Crippen molar-refractivity contribution in [2.75, 3.05) is 27.9 Å². The summed E-state index contributed by atoms with van der Waals surface area (Å²) in [5.74, 6) is 2.19. The van der Waals surface area contributed by atoms with E-state index in [1.54, 1.807) is 39.5 Å². The summed E-state index contributed by atoms with van der Waals surface area (Å²) >= 11 is 3.47. The van der Waals surface area contributed by atoms with Gasteiger partial charge in [0.1, 0.15) is 5.75 Å². The predicted octanol–water partition coefficient (Wildman–Crippen LogP) is 4.13. The first-order valence-electron chi connectivity index (χ1n) is 8.76. The Morgan fingerprint density at radius 3 is 2.50 bits per heavy atom. The molecule has 7 heteroatoms. The molecule has 0 aliphatic carbocycles. The molecule has 1 amide bonds. The van der Waals surface area contributed by atoms with Gasteiger partial charge in [-0.15, -0.1) is 0 Å². The Hall–Kier alpha value is -2.67. The molecule has 1 heterocycles. The van der Waals surface area contributed by atoms with Crippen molar-refractivity contribution in [3.05, 3.63) is 52.0 Å². The van der Waals surface area contributed by atoms with Crippen LogP contribution in [0.2, 0.25) is 0 Å². The number of nitrogens with one attached hydrogen (secondary N) is 1. The number of halogens is 1. The summed E-state index contributed by atoms with van der Waals surface area (Å²) in [4.78, 5) is 12.5. The van der Waals surface area contributed by atoms with E-state index >= 15 is 0 Å². The van der Waals surface area contributed by atoms with E-state index in [0.717, 1.165) is 21.3 Å². The maximum atomic E-state index is 12.5. The number of hydrogen-bond donors (Lipinski definition) is 1. The van der Waals surface area contributed by atoms with Crippen molar-refractivity contribution >= 4 is 27.9 Å². The zero-order valence-corrected chi connectivity index (χ0v) is 17.5. The number of benzene rings is 2. The SMILES string of the molecule is COc1cc(/C=C/C(=O)NC2CCOc3ccc(Br)cc32)cc(OC)c1OC. The lowest BCUT2D eigenvalue weighted by atomic mass is 10.0. The molecule has 1 aliphatic heterocycles. The number of amides is 1. The number of carbonyl (C=O) groups is 1. The van der Waals surface area contributed by atoms with Crippen LogP contribution < -0.4 is 24.3 Å². The van der Waals surface area contributed by atoms with Crippen LogP contribution in [0.15, 0.2) is 40.9 Å². The molecule has 3 rings (SSSR count). The number of fused-ring (bicyclic) bond motifs is 1. The number of ether oxygens (including phenoxy) is 4. The van der Waals surface area contributed by atoms with E-state index in [2.05, 4.69) is 21.2 Å².